The topological polar surface area (TPSA) is 17.1 Å². The normalized spacial score (nSPS) is 50.9. The monoisotopic (exact) mass is 304 g/mol. The van der Waals surface area contributed by atoms with Gasteiger partial charge in [-0.25, -0.2) is 4.39 Å². The van der Waals surface area contributed by atoms with Gasteiger partial charge in [0.1, 0.15) is 0 Å². The molecule has 3 saturated carbocycles. The molecule has 4 aliphatic rings. The van der Waals surface area contributed by atoms with E-state index in [-0.39, 0.29) is 11.2 Å². The summed E-state index contributed by atoms with van der Waals surface area (Å²) in [7, 11) is 0. The molecular weight excluding hydrogens is 275 g/mol. The van der Waals surface area contributed by atoms with Gasteiger partial charge in [0.15, 0.2) is 12.0 Å². The van der Waals surface area contributed by atoms with Crippen molar-refractivity contribution in [1.82, 2.24) is 0 Å². The van der Waals surface area contributed by atoms with Crippen LogP contribution >= 0.6 is 0 Å². The van der Waals surface area contributed by atoms with Gasteiger partial charge in [0, 0.05) is 5.41 Å². The Kier molecular flexibility index (Phi) is 3.33. The number of carbonyl (C=O) groups excluding carboxylic acids is 1. The van der Waals surface area contributed by atoms with E-state index in [4.69, 9.17) is 0 Å². The molecule has 0 aromatic rings. The van der Waals surface area contributed by atoms with Gasteiger partial charge in [0.25, 0.3) is 0 Å². The van der Waals surface area contributed by atoms with Crippen LogP contribution in [0.25, 0.3) is 0 Å². The number of hydrogen-bond acceptors (Lipinski definition) is 1. The van der Waals surface area contributed by atoms with Gasteiger partial charge in [-0.15, -0.1) is 0 Å². The Morgan fingerprint density at radius 1 is 1.27 bits per heavy atom. The van der Waals surface area contributed by atoms with Crippen molar-refractivity contribution in [1.29, 1.82) is 0 Å². The number of allylic oxidation sites excluding steroid dienone is 2. The number of fused-ring (bicyclic) bond motifs is 5. The Balaban J connectivity index is 1.72. The maximum absolute atomic E-state index is 14.3. The van der Waals surface area contributed by atoms with Crippen LogP contribution in [0.15, 0.2) is 11.6 Å². The molecule has 0 aromatic carbocycles. The largest absolute Gasteiger partial charge is 0.296 e. The second-order valence-electron chi connectivity index (χ2n) is 8.58. The first-order valence-electron chi connectivity index (χ1n) is 9.41. The Bertz CT molecular complexity index is 524. The molecule has 0 N–H and O–H groups in total. The smallest absolute Gasteiger partial charge is 0.173 e. The number of halogens is 1. The summed E-state index contributed by atoms with van der Waals surface area (Å²) in [4.78, 5) is 12.5. The molecule has 6 atom stereocenters. The fourth-order valence-corrected chi connectivity index (χ4v) is 6.87. The first-order chi connectivity index (χ1) is 10.5. The molecule has 0 aliphatic heterocycles. The van der Waals surface area contributed by atoms with Gasteiger partial charge < -0.3 is 0 Å². The zero-order chi connectivity index (χ0) is 15.5. The first-order valence-corrected chi connectivity index (χ1v) is 9.41. The van der Waals surface area contributed by atoms with Crippen LogP contribution in [-0.4, -0.2) is 12.0 Å². The number of Topliss-reactive ketones (excluding diaryl/α,β-unsaturated/α-hetero) is 1. The highest BCUT2D eigenvalue weighted by atomic mass is 19.1. The first kappa shape index (κ1) is 14.9. The third kappa shape index (κ3) is 1.73. The molecule has 0 radical (unpaired) electrons. The van der Waals surface area contributed by atoms with Gasteiger partial charge in [-0.05, 0) is 74.5 Å². The molecular formula is C20H29FO. The van der Waals surface area contributed by atoms with E-state index in [1.165, 1.54) is 25.7 Å². The highest BCUT2D eigenvalue weighted by Gasteiger charge is 2.62. The van der Waals surface area contributed by atoms with E-state index in [1.807, 2.05) is 0 Å². The van der Waals surface area contributed by atoms with E-state index in [9.17, 15) is 9.18 Å². The summed E-state index contributed by atoms with van der Waals surface area (Å²) in [6.07, 6.45) is 11.1. The molecule has 0 heterocycles. The Hall–Kier alpha value is -0.660. The van der Waals surface area contributed by atoms with Crippen LogP contribution in [0.3, 0.4) is 0 Å². The SMILES string of the molecule is CC[C@]12CC[C@H]3[C@@H](CC=C4CCCC[C@@]43C)[C@@H]1C[C@@H](F)C2=O. The molecule has 4 rings (SSSR count). The van der Waals surface area contributed by atoms with Crippen molar-refractivity contribution in [2.24, 2.45) is 28.6 Å². The fraction of sp³-hybridized carbons (Fsp3) is 0.850. The lowest BCUT2D eigenvalue weighted by Gasteiger charge is -2.56. The van der Waals surface area contributed by atoms with E-state index >= 15 is 0 Å². The minimum Gasteiger partial charge on any atom is -0.296 e. The summed E-state index contributed by atoms with van der Waals surface area (Å²) in [5.74, 6) is 1.48. The van der Waals surface area contributed by atoms with Gasteiger partial charge in [-0.3, -0.25) is 4.79 Å². The van der Waals surface area contributed by atoms with Gasteiger partial charge in [-0.2, -0.15) is 0 Å². The van der Waals surface area contributed by atoms with Gasteiger partial charge in [0.2, 0.25) is 0 Å². The van der Waals surface area contributed by atoms with Crippen molar-refractivity contribution in [3.8, 4) is 0 Å². The van der Waals surface area contributed by atoms with Crippen molar-refractivity contribution in [3.63, 3.8) is 0 Å². The summed E-state index contributed by atoms with van der Waals surface area (Å²) in [6, 6.07) is 0. The lowest BCUT2D eigenvalue weighted by atomic mass is 9.47. The number of carbonyl (C=O) groups is 1. The van der Waals surface area contributed by atoms with E-state index in [2.05, 4.69) is 19.9 Å². The molecule has 22 heavy (non-hydrogen) atoms. The zero-order valence-electron chi connectivity index (χ0n) is 14.0. The number of rotatable bonds is 1. The van der Waals surface area contributed by atoms with Gasteiger partial charge >= 0.3 is 0 Å². The summed E-state index contributed by atoms with van der Waals surface area (Å²) in [5, 5.41) is 0. The molecule has 3 fully saturated rings. The van der Waals surface area contributed by atoms with Crippen LogP contribution in [-0.2, 0) is 4.79 Å². The average Bonchev–Trinajstić information content (AvgIpc) is 2.79. The Morgan fingerprint density at radius 3 is 2.86 bits per heavy atom. The van der Waals surface area contributed by atoms with Crippen molar-refractivity contribution < 1.29 is 9.18 Å². The van der Waals surface area contributed by atoms with E-state index < -0.39 is 6.17 Å². The molecule has 0 unspecified atom stereocenters. The summed E-state index contributed by atoms with van der Waals surface area (Å²) >= 11 is 0. The van der Waals surface area contributed by atoms with Crippen molar-refractivity contribution in [2.75, 3.05) is 0 Å². The standard InChI is InChI=1S/C20H29FO/c1-3-20-11-9-15-14(16(20)12-17(21)18(20)22)8-7-13-6-4-5-10-19(13,15)2/h7,14-17H,3-6,8-12H2,1-2H3/t14-,15+,16+,17-,19+,20+/m1/s1. The molecule has 0 saturated heterocycles. The molecule has 0 bridgehead atoms. The molecule has 0 spiro atoms. The lowest BCUT2D eigenvalue weighted by molar-refractivity contribution is -0.136. The maximum Gasteiger partial charge on any atom is 0.173 e. The third-order valence-corrected chi connectivity index (χ3v) is 8.09. The van der Waals surface area contributed by atoms with Crippen molar-refractivity contribution in [3.05, 3.63) is 11.6 Å². The minimum absolute atomic E-state index is 0.0537. The van der Waals surface area contributed by atoms with Crippen LogP contribution in [0.1, 0.15) is 71.6 Å². The van der Waals surface area contributed by atoms with E-state index in [0.29, 0.717) is 29.6 Å². The van der Waals surface area contributed by atoms with Crippen LogP contribution in [0.4, 0.5) is 4.39 Å². The van der Waals surface area contributed by atoms with Gasteiger partial charge in [0.05, 0.1) is 0 Å². The zero-order valence-corrected chi connectivity index (χ0v) is 14.0. The predicted molar refractivity (Wildman–Crippen MR) is 86.2 cm³/mol. The minimum atomic E-state index is -1.19. The average molecular weight is 304 g/mol. The molecule has 0 aromatic heterocycles. The van der Waals surface area contributed by atoms with E-state index in [1.54, 1.807) is 5.57 Å². The van der Waals surface area contributed by atoms with Crippen LogP contribution in [0.5, 0.6) is 0 Å². The predicted octanol–water partition coefficient (Wildman–Crippen LogP) is 5.25. The summed E-state index contributed by atoms with van der Waals surface area (Å²) in [5.41, 5.74) is 1.71. The number of ketones is 1. The highest BCUT2D eigenvalue weighted by Crippen LogP contribution is 2.65. The fourth-order valence-electron chi connectivity index (χ4n) is 6.87. The van der Waals surface area contributed by atoms with E-state index in [0.717, 1.165) is 25.7 Å². The summed E-state index contributed by atoms with van der Waals surface area (Å²) in [6.45, 7) is 4.58. The van der Waals surface area contributed by atoms with Crippen LogP contribution in [0, 0.1) is 28.6 Å². The quantitative estimate of drug-likeness (QED) is 0.605. The Morgan fingerprint density at radius 2 is 2.09 bits per heavy atom. The molecule has 2 heteroatoms. The molecule has 4 aliphatic carbocycles. The molecule has 0 amide bonds. The lowest BCUT2D eigenvalue weighted by Crippen LogP contribution is -2.50. The number of alkyl halides is 1. The second-order valence-corrected chi connectivity index (χ2v) is 8.58. The third-order valence-electron chi connectivity index (χ3n) is 8.09. The van der Waals surface area contributed by atoms with Crippen LogP contribution < -0.4 is 0 Å². The molecule has 122 valence electrons. The number of hydrogen-bond donors (Lipinski definition) is 0. The Labute approximate surface area is 133 Å². The second kappa shape index (κ2) is 4.92. The van der Waals surface area contributed by atoms with Crippen molar-refractivity contribution in [2.45, 2.75) is 77.8 Å². The van der Waals surface area contributed by atoms with Crippen LogP contribution in [0.2, 0.25) is 0 Å². The maximum atomic E-state index is 14.3. The summed E-state index contributed by atoms with van der Waals surface area (Å²) < 4.78 is 14.3. The van der Waals surface area contributed by atoms with Gasteiger partial charge in [-0.1, -0.05) is 31.9 Å². The molecule has 1 nitrogen and oxygen atoms in total. The van der Waals surface area contributed by atoms with Crippen molar-refractivity contribution >= 4 is 5.78 Å². The highest BCUT2D eigenvalue weighted by molar-refractivity contribution is 5.91.